The summed E-state index contributed by atoms with van der Waals surface area (Å²) in [6.45, 7) is 6.93. The molecule has 3 rings (SSSR count). The minimum absolute atomic E-state index is 0.0228. The Kier molecular flexibility index (Phi) is 4.72. The SMILES string of the molecule is Cc1cccc(C)c1CNc1cc(C(=O)N(C)C)cc2nc(C)n(C)c12. The summed E-state index contributed by atoms with van der Waals surface area (Å²) in [6, 6.07) is 10.1. The van der Waals surface area contributed by atoms with Crippen LogP contribution in [0.4, 0.5) is 5.69 Å². The van der Waals surface area contributed by atoms with Gasteiger partial charge in [0.05, 0.1) is 16.7 Å². The number of carbonyl (C=O) groups excluding carboxylic acids is 1. The van der Waals surface area contributed by atoms with Gasteiger partial charge in [0.25, 0.3) is 5.91 Å². The first-order valence-corrected chi connectivity index (χ1v) is 8.77. The zero-order chi connectivity index (χ0) is 19.0. The van der Waals surface area contributed by atoms with Gasteiger partial charge in [-0.3, -0.25) is 4.79 Å². The van der Waals surface area contributed by atoms with E-state index in [2.05, 4.69) is 46.9 Å². The second-order valence-electron chi connectivity index (χ2n) is 7.03. The topological polar surface area (TPSA) is 50.2 Å². The summed E-state index contributed by atoms with van der Waals surface area (Å²) in [5.41, 5.74) is 7.23. The van der Waals surface area contributed by atoms with Crippen molar-refractivity contribution in [2.45, 2.75) is 27.3 Å². The molecule has 5 nitrogen and oxygen atoms in total. The number of aromatic nitrogens is 2. The number of hydrogen-bond donors (Lipinski definition) is 1. The lowest BCUT2D eigenvalue weighted by Crippen LogP contribution is -2.21. The van der Waals surface area contributed by atoms with E-state index in [4.69, 9.17) is 0 Å². The lowest BCUT2D eigenvalue weighted by atomic mass is 10.0. The number of amides is 1. The molecule has 136 valence electrons. The quantitative estimate of drug-likeness (QED) is 0.778. The Hall–Kier alpha value is -2.82. The minimum Gasteiger partial charge on any atom is -0.379 e. The van der Waals surface area contributed by atoms with Crippen LogP contribution in [0.2, 0.25) is 0 Å². The van der Waals surface area contributed by atoms with Crippen molar-refractivity contribution in [2.24, 2.45) is 7.05 Å². The molecule has 0 bridgehead atoms. The molecule has 1 N–H and O–H groups in total. The Bertz CT molecular complexity index is 965. The highest BCUT2D eigenvalue weighted by molar-refractivity contribution is 6.01. The van der Waals surface area contributed by atoms with Crippen molar-refractivity contribution in [3.05, 3.63) is 58.4 Å². The smallest absolute Gasteiger partial charge is 0.253 e. The third-order valence-corrected chi connectivity index (χ3v) is 4.95. The predicted molar refractivity (Wildman–Crippen MR) is 107 cm³/mol. The van der Waals surface area contributed by atoms with E-state index in [9.17, 15) is 4.79 Å². The number of nitrogens with one attached hydrogen (secondary N) is 1. The molecular weight excluding hydrogens is 324 g/mol. The Balaban J connectivity index is 2.07. The number of imidazole rings is 1. The van der Waals surface area contributed by atoms with Crippen LogP contribution in [0.15, 0.2) is 30.3 Å². The van der Waals surface area contributed by atoms with Gasteiger partial charge in [-0.25, -0.2) is 4.98 Å². The average Bonchev–Trinajstić information content (AvgIpc) is 2.87. The molecule has 0 saturated carbocycles. The van der Waals surface area contributed by atoms with Gasteiger partial charge in [-0.2, -0.15) is 0 Å². The highest BCUT2D eigenvalue weighted by Gasteiger charge is 2.16. The van der Waals surface area contributed by atoms with Crippen molar-refractivity contribution in [3.63, 3.8) is 0 Å². The standard InChI is InChI=1S/C21H26N4O/c1-13-8-7-9-14(2)17(13)12-22-18-10-16(21(26)24(4)5)11-19-20(18)25(6)15(3)23-19/h7-11,22H,12H2,1-6H3. The number of hydrogen-bond acceptors (Lipinski definition) is 3. The molecule has 0 fully saturated rings. The summed E-state index contributed by atoms with van der Waals surface area (Å²) < 4.78 is 2.06. The van der Waals surface area contributed by atoms with Gasteiger partial charge in [-0.15, -0.1) is 0 Å². The van der Waals surface area contributed by atoms with E-state index < -0.39 is 0 Å². The van der Waals surface area contributed by atoms with Crippen LogP contribution in [0, 0.1) is 20.8 Å². The molecule has 0 atom stereocenters. The molecule has 0 aliphatic rings. The molecule has 0 aliphatic carbocycles. The van der Waals surface area contributed by atoms with Gasteiger partial charge >= 0.3 is 0 Å². The molecule has 2 aromatic carbocycles. The molecule has 0 unspecified atom stereocenters. The molecule has 0 radical (unpaired) electrons. The monoisotopic (exact) mass is 350 g/mol. The van der Waals surface area contributed by atoms with Gasteiger partial charge in [0.2, 0.25) is 0 Å². The van der Waals surface area contributed by atoms with Crippen LogP contribution in [0.1, 0.15) is 32.9 Å². The normalized spacial score (nSPS) is 11.0. The van der Waals surface area contributed by atoms with Crippen molar-refractivity contribution in [1.82, 2.24) is 14.5 Å². The highest BCUT2D eigenvalue weighted by atomic mass is 16.2. The zero-order valence-electron chi connectivity index (χ0n) is 16.3. The summed E-state index contributed by atoms with van der Waals surface area (Å²) >= 11 is 0. The van der Waals surface area contributed by atoms with Gasteiger partial charge < -0.3 is 14.8 Å². The summed E-state index contributed by atoms with van der Waals surface area (Å²) in [4.78, 5) is 18.7. The molecule has 0 aliphatic heterocycles. The lowest BCUT2D eigenvalue weighted by Gasteiger charge is -2.16. The molecule has 1 aromatic heterocycles. The number of benzene rings is 2. The third-order valence-electron chi connectivity index (χ3n) is 4.95. The largest absolute Gasteiger partial charge is 0.379 e. The van der Waals surface area contributed by atoms with Crippen LogP contribution < -0.4 is 5.32 Å². The summed E-state index contributed by atoms with van der Waals surface area (Å²) in [6.07, 6.45) is 0. The van der Waals surface area contributed by atoms with Crippen molar-refractivity contribution < 1.29 is 4.79 Å². The summed E-state index contributed by atoms with van der Waals surface area (Å²) in [7, 11) is 5.53. The zero-order valence-corrected chi connectivity index (χ0v) is 16.3. The number of nitrogens with zero attached hydrogens (tertiary/aromatic N) is 3. The average molecular weight is 350 g/mol. The van der Waals surface area contributed by atoms with Crippen molar-refractivity contribution >= 4 is 22.6 Å². The predicted octanol–water partition coefficient (Wildman–Crippen LogP) is 3.81. The maximum atomic E-state index is 12.5. The number of aryl methyl sites for hydroxylation is 4. The Labute approximate surface area is 154 Å². The van der Waals surface area contributed by atoms with Crippen LogP contribution in [0.5, 0.6) is 0 Å². The Morgan fingerprint density at radius 1 is 1.15 bits per heavy atom. The molecular formula is C21H26N4O. The van der Waals surface area contributed by atoms with Crippen LogP contribution in [0.3, 0.4) is 0 Å². The van der Waals surface area contributed by atoms with Gasteiger partial charge in [0.15, 0.2) is 0 Å². The fraction of sp³-hybridized carbons (Fsp3) is 0.333. The van der Waals surface area contributed by atoms with Gasteiger partial charge in [0.1, 0.15) is 5.82 Å². The first kappa shape index (κ1) is 18.0. The van der Waals surface area contributed by atoms with Crippen LogP contribution in [-0.2, 0) is 13.6 Å². The fourth-order valence-electron chi connectivity index (χ4n) is 3.30. The van der Waals surface area contributed by atoms with Crippen molar-refractivity contribution in [1.29, 1.82) is 0 Å². The van der Waals surface area contributed by atoms with Gasteiger partial charge in [0, 0.05) is 33.3 Å². The first-order chi connectivity index (χ1) is 12.3. The van der Waals surface area contributed by atoms with Gasteiger partial charge in [-0.1, -0.05) is 18.2 Å². The van der Waals surface area contributed by atoms with E-state index in [1.165, 1.54) is 16.7 Å². The van der Waals surface area contributed by atoms with E-state index in [1.807, 2.05) is 26.1 Å². The maximum absolute atomic E-state index is 12.5. The van der Waals surface area contributed by atoms with Crippen LogP contribution >= 0.6 is 0 Å². The van der Waals surface area contributed by atoms with E-state index in [0.717, 1.165) is 22.5 Å². The van der Waals surface area contributed by atoms with E-state index in [1.54, 1.807) is 19.0 Å². The number of rotatable bonds is 4. The van der Waals surface area contributed by atoms with E-state index in [0.29, 0.717) is 12.1 Å². The molecule has 5 heteroatoms. The van der Waals surface area contributed by atoms with Crippen LogP contribution in [0.25, 0.3) is 11.0 Å². The molecule has 0 spiro atoms. The second kappa shape index (κ2) is 6.83. The third kappa shape index (κ3) is 3.17. The summed E-state index contributed by atoms with van der Waals surface area (Å²) in [5, 5.41) is 3.54. The first-order valence-electron chi connectivity index (χ1n) is 8.77. The number of fused-ring (bicyclic) bond motifs is 1. The van der Waals surface area contributed by atoms with Crippen molar-refractivity contribution in [2.75, 3.05) is 19.4 Å². The highest BCUT2D eigenvalue weighted by Crippen LogP contribution is 2.27. The van der Waals surface area contributed by atoms with Crippen LogP contribution in [-0.4, -0.2) is 34.5 Å². The minimum atomic E-state index is -0.0228. The molecule has 26 heavy (non-hydrogen) atoms. The molecule has 3 aromatic rings. The number of carbonyl (C=O) groups is 1. The van der Waals surface area contributed by atoms with Gasteiger partial charge in [-0.05, 0) is 49.6 Å². The second-order valence-corrected chi connectivity index (χ2v) is 7.03. The Morgan fingerprint density at radius 2 is 1.81 bits per heavy atom. The maximum Gasteiger partial charge on any atom is 0.253 e. The fourth-order valence-corrected chi connectivity index (χ4v) is 3.30. The van der Waals surface area contributed by atoms with E-state index >= 15 is 0 Å². The molecule has 1 amide bonds. The van der Waals surface area contributed by atoms with Crippen molar-refractivity contribution in [3.8, 4) is 0 Å². The number of anilines is 1. The Morgan fingerprint density at radius 3 is 2.42 bits per heavy atom. The van der Waals surface area contributed by atoms with E-state index in [-0.39, 0.29) is 5.91 Å². The molecule has 0 saturated heterocycles. The summed E-state index contributed by atoms with van der Waals surface area (Å²) in [5.74, 6) is 0.898. The lowest BCUT2D eigenvalue weighted by molar-refractivity contribution is 0.0828. The molecule has 1 heterocycles.